The van der Waals surface area contributed by atoms with Gasteiger partial charge in [-0.2, -0.15) is 13.2 Å². The Morgan fingerprint density at radius 2 is 1.83 bits per heavy atom. The van der Waals surface area contributed by atoms with Crippen molar-refractivity contribution >= 4 is 27.2 Å². The van der Waals surface area contributed by atoms with E-state index in [1.165, 1.54) is 25.3 Å². The molecule has 29 heavy (non-hydrogen) atoms. The van der Waals surface area contributed by atoms with Crippen LogP contribution in [0.5, 0.6) is 0 Å². The van der Waals surface area contributed by atoms with Crippen LogP contribution in [0.3, 0.4) is 0 Å². The smallest absolute Gasteiger partial charge is 0.418 e. The minimum absolute atomic E-state index is 0.0266. The highest BCUT2D eigenvalue weighted by Crippen LogP contribution is 2.37. The normalized spacial score (nSPS) is 11.9. The Kier molecular flexibility index (Phi) is 6.78. The van der Waals surface area contributed by atoms with Crippen molar-refractivity contribution in [2.75, 3.05) is 30.8 Å². The molecule has 0 saturated heterocycles. The Bertz CT molecular complexity index is 991. The number of rotatable bonds is 7. The number of carbonyl (C=O) groups excluding carboxylic acids is 1. The molecule has 0 amide bonds. The van der Waals surface area contributed by atoms with Gasteiger partial charge in [0.15, 0.2) is 0 Å². The summed E-state index contributed by atoms with van der Waals surface area (Å²) in [7, 11) is -3.04. The highest BCUT2D eigenvalue weighted by Gasteiger charge is 2.35. The highest BCUT2D eigenvalue weighted by atomic mass is 32.2. The second kappa shape index (κ2) is 8.73. The molecule has 0 aliphatic carbocycles. The number of sulfone groups is 1. The molecule has 2 N–H and O–H groups in total. The second-order valence-electron chi connectivity index (χ2n) is 6.12. The molecule has 0 aliphatic heterocycles. The highest BCUT2D eigenvalue weighted by molar-refractivity contribution is 7.91. The van der Waals surface area contributed by atoms with Crippen molar-refractivity contribution in [2.45, 2.75) is 29.3 Å². The van der Waals surface area contributed by atoms with Crippen molar-refractivity contribution in [3.8, 4) is 0 Å². The van der Waals surface area contributed by atoms with Crippen molar-refractivity contribution in [2.24, 2.45) is 0 Å². The lowest BCUT2D eigenvalue weighted by molar-refractivity contribution is -0.140. The molecule has 0 aromatic heterocycles. The number of hydrogen-bond donors (Lipinski definition) is 1. The van der Waals surface area contributed by atoms with Crippen LogP contribution in [0, 0.1) is 0 Å². The first-order valence-electron chi connectivity index (χ1n) is 8.65. The van der Waals surface area contributed by atoms with Gasteiger partial charge in [-0.3, -0.25) is 4.79 Å². The largest absolute Gasteiger partial charge is 0.469 e. The lowest BCUT2D eigenvalue weighted by Crippen LogP contribution is -2.27. The molecule has 0 bridgehead atoms. The third-order valence-corrected chi connectivity index (χ3v) is 6.13. The zero-order valence-electron chi connectivity index (χ0n) is 15.9. The van der Waals surface area contributed by atoms with Gasteiger partial charge in [-0.05, 0) is 37.3 Å². The Labute approximate surface area is 167 Å². The summed E-state index contributed by atoms with van der Waals surface area (Å²) in [5.74, 6) is -0.461. The van der Waals surface area contributed by atoms with Crippen LogP contribution in [0.4, 0.5) is 24.5 Å². The maximum Gasteiger partial charge on any atom is 0.418 e. The average Bonchev–Trinajstić information content (AvgIpc) is 2.67. The number of anilines is 2. The number of nitrogens with two attached hydrogens (primary N) is 1. The quantitative estimate of drug-likeness (QED) is 0.534. The van der Waals surface area contributed by atoms with E-state index in [4.69, 9.17) is 5.73 Å². The Morgan fingerprint density at radius 1 is 1.17 bits per heavy atom. The molecular formula is C19H21F3N2O4S. The maximum atomic E-state index is 13.2. The lowest BCUT2D eigenvalue weighted by atomic mass is 10.2. The molecule has 0 fully saturated rings. The fraction of sp³-hybridized carbons (Fsp3) is 0.316. The number of esters is 1. The summed E-state index contributed by atoms with van der Waals surface area (Å²) in [5, 5.41) is 0. The van der Waals surface area contributed by atoms with E-state index in [9.17, 15) is 26.4 Å². The summed E-state index contributed by atoms with van der Waals surface area (Å²) in [6.07, 6.45) is -4.76. The number of nitrogen functional groups attached to an aromatic ring is 1. The number of carbonyl (C=O) groups is 1. The molecule has 2 aromatic carbocycles. The van der Waals surface area contributed by atoms with Gasteiger partial charge in [0.2, 0.25) is 9.84 Å². The van der Waals surface area contributed by atoms with Crippen LogP contribution in [0.2, 0.25) is 0 Å². The van der Waals surface area contributed by atoms with Crippen molar-refractivity contribution in [3.05, 3.63) is 48.0 Å². The average molecular weight is 430 g/mol. The topological polar surface area (TPSA) is 89.7 Å². The van der Waals surface area contributed by atoms with E-state index < -0.39 is 38.1 Å². The Hall–Kier alpha value is -2.75. The molecular weight excluding hydrogens is 409 g/mol. The molecule has 0 heterocycles. The van der Waals surface area contributed by atoms with Gasteiger partial charge in [0.1, 0.15) is 0 Å². The molecule has 2 aromatic rings. The number of methoxy groups -OCH3 is 1. The second-order valence-corrected chi connectivity index (χ2v) is 8.04. The van der Waals surface area contributed by atoms with Gasteiger partial charge in [0.05, 0.1) is 34.6 Å². The Balaban J connectivity index is 2.53. The van der Waals surface area contributed by atoms with Gasteiger partial charge < -0.3 is 15.4 Å². The van der Waals surface area contributed by atoms with Crippen LogP contribution >= 0.6 is 0 Å². The summed E-state index contributed by atoms with van der Waals surface area (Å²) in [6.45, 7) is 2.33. The van der Waals surface area contributed by atoms with E-state index in [0.29, 0.717) is 12.6 Å². The SMILES string of the molecule is CCN(CCC(=O)OC)c1ccccc1S(=O)(=O)c1ccc(N)c(C(F)(F)F)c1. The predicted molar refractivity (Wildman–Crippen MR) is 102 cm³/mol. The minimum Gasteiger partial charge on any atom is -0.469 e. The standard InChI is InChI=1S/C19H21F3N2O4S/c1-3-24(11-10-18(25)28-2)16-6-4-5-7-17(16)29(26,27)13-8-9-15(23)14(12-13)19(20,21)22/h4-9,12H,3,10-11,23H2,1-2H3. The van der Waals surface area contributed by atoms with E-state index in [0.717, 1.165) is 12.1 Å². The van der Waals surface area contributed by atoms with E-state index in [-0.39, 0.29) is 23.5 Å². The van der Waals surface area contributed by atoms with E-state index in [1.54, 1.807) is 17.9 Å². The summed E-state index contributed by atoms with van der Waals surface area (Å²) in [6, 6.07) is 8.44. The number of alkyl halides is 3. The number of halogens is 3. The van der Waals surface area contributed by atoms with Gasteiger partial charge in [-0.25, -0.2) is 8.42 Å². The van der Waals surface area contributed by atoms with Crippen LogP contribution in [0.25, 0.3) is 0 Å². The number of benzene rings is 2. The third kappa shape index (κ3) is 5.00. The van der Waals surface area contributed by atoms with Crippen LogP contribution in [-0.4, -0.2) is 34.6 Å². The van der Waals surface area contributed by atoms with Gasteiger partial charge >= 0.3 is 12.1 Å². The van der Waals surface area contributed by atoms with Crippen molar-refractivity contribution in [3.63, 3.8) is 0 Å². The van der Waals surface area contributed by atoms with Gasteiger partial charge in [0, 0.05) is 18.8 Å². The molecule has 0 atom stereocenters. The van der Waals surface area contributed by atoms with E-state index in [1.807, 2.05) is 0 Å². The molecule has 0 spiro atoms. The molecule has 0 aliphatic rings. The first-order chi connectivity index (χ1) is 13.5. The molecule has 10 heteroatoms. The van der Waals surface area contributed by atoms with Crippen LogP contribution in [-0.2, 0) is 25.5 Å². The lowest BCUT2D eigenvalue weighted by Gasteiger charge is -2.25. The van der Waals surface area contributed by atoms with Crippen molar-refractivity contribution < 1.29 is 31.1 Å². The van der Waals surface area contributed by atoms with Crippen LogP contribution < -0.4 is 10.6 Å². The summed E-state index contributed by atoms with van der Waals surface area (Å²) in [4.78, 5) is 12.4. The van der Waals surface area contributed by atoms with E-state index >= 15 is 0 Å². The van der Waals surface area contributed by atoms with Crippen molar-refractivity contribution in [1.29, 1.82) is 0 Å². The molecule has 0 radical (unpaired) electrons. The molecule has 158 valence electrons. The first-order valence-corrected chi connectivity index (χ1v) is 10.1. The summed E-state index contributed by atoms with van der Waals surface area (Å²) in [5.41, 5.74) is 3.88. The fourth-order valence-corrected chi connectivity index (χ4v) is 4.30. The van der Waals surface area contributed by atoms with E-state index in [2.05, 4.69) is 4.74 Å². The number of nitrogens with zero attached hydrogens (tertiary/aromatic N) is 1. The zero-order chi connectivity index (χ0) is 21.8. The molecule has 2 rings (SSSR count). The van der Waals surface area contributed by atoms with Gasteiger partial charge in [0.25, 0.3) is 0 Å². The number of hydrogen-bond acceptors (Lipinski definition) is 6. The number of ether oxygens (including phenoxy) is 1. The first kappa shape index (κ1) is 22.5. The van der Waals surface area contributed by atoms with Gasteiger partial charge in [-0.1, -0.05) is 12.1 Å². The minimum atomic E-state index is -4.79. The molecule has 0 saturated carbocycles. The van der Waals surface area contributed by atoms with Gasteiger partial charge in [-0.15, -0.1) is 0 Å². The fourth-order valence-electron chi connectivity index (χ4n) is 2.80. The monoisotopic (exact) mass is 430 g/mol. The maximum absolute atomic E-state index is 13.2. The molecule has 0 unspecified atom stereocenters. The van der Waals surface area contributed by atoms with Crippen LogP contribution in [0.15, 0.2) is 52.3 Å². The predicted octanol–water partition coefficient (Wildman–Crippen LogP) is 3.51. The third-order valence-electron chi connectivity index (χ3n) is 4.33. The summed E-state index contributed by atoms with van der Waals surface area (Å²) < 4.78 is 70.4. The summed E-state index contributed by atoms with van der Waals surface area (Å²) >= 11 is 0. The number of para-hydroxylation sites is 1. The van der Waals surface area contributed by atoms with Crippen LogP contribution in [0.1, 0.15) is 18.9 Å². The Morgan fingerprint density at radius 3 is 2.41 bits per heavy atom. The zero-order valence-corrected chi connectivity index (χ0v) is 16.7. The van der Waals surface area contributed by atoms with Crippen molar-refractivity contribution in [1.82, 2.24) is 0 Å². The molecule has 6 nitrogen and oxygen atoms in total.